The van der Waals surface area contributed by atoms with Gasteiger partial charge < -0.3 is 5.11 Å². The fourth-order valence-corrected chi connectivity index (χ4v) is 1.56. The molecule has 2 N–H and O–H groups in total. The van der Waals surface area contributed by atoms with Crippen LogP contribution >= 0.6 is 27.5 Å². The molecule has 1 aromatic rings. The molecule has 0 aliphatic heterocycles. The maximum absolute atomic E-state index is 11.0. The van der Waals surface area contributed by atoms with Crippen LogP contribution in [0.25, 0.3) is 0 Å². The molecule has 0 atom stereocenters. The summed E-state index contributed by atoms with van der Waals surface area (Å²) in [5.74, 6) is -1.05. The Bertz CT molecular complexity index is 475. The van der Waals surface area contributed by atoms with Gasteiger partial charge in [0.1, 0.15) is 0 Å². The molecule has 0 saturated heterocycles. The molecule has 1 rings (SSSR count). The fraction of sp³-hybridized carbons (Fsp3) is 0.273. The van der Waals surface area contributed by atoms with E-state index in [1.54, 1.807) is 6.07 Å². The molecule has 0 aliphatic carbocycles. The van der Waals surface area contributed by atoms with Crippen molar-refractivity contribution < 1.29 is 9.90 Å². The number of benzene rings is 1. The summed E-state index contributed by atoms with van der Waals surface area (Å²) in [6.07, 6.45) is 0.796. The molecule has 0 aliphatic rings. The number of hydrogen-bond acceptors (Lipinski definition) is 3. The average molecular weight is 320 g/mol. The standard InChI is InChI=1S/C11H12BrClN2O2/c1-3-6(2)14-15-10-5-8(12)9(13)4-7(10)11(16)17/h4-5,15H,3H2,1-2H3,(H,16,17)/b14-6-. The second-order valence-corrected chi connectivity index (χ2v) is 4.69. The van der Waals surface area contributed by atoms with Gasteiger partial charge in [0, 0.05) is 10.2 Å². The van der Waals surface area contributed by atoms with E-state index in [9.17, 15) is 4.79 Å². The first-order valence-corrected chi connectivity index (χ1v) is 6.14. The number of carboxylic acids is 1. The number of carbonyl (C=O) groups is 1. The minimum atomic E-state index is -1.05. The molecular formula is C11H12BrClN2O2. The summed E-state index contributed by atoms with van der Waals surface area (Å²) in [4.78, 5) is 11.0. The molecule has 0 radical (unpaired) electrons. The lowest BCUT2D eigenvalue weighted by molar-refractivity contribution is 0.0698. The van der Waals surface area contributed by atoms with Crippen LogP contribution in [0.1, 0.15) is 30.6 Å². The number of hydrazone groups is 1. The Kier molecular flexibility index (Phi) is 4.96. The number of anilines is 1. The highest BCUT2D eigenvalue weighted by molar-refractivity contribution is 9.10. The van der Waals surface area contributed by atoms with E-state index in [1.807, 2.05) is 13.8 Å². The Morgan fingerprint density at radius 1 is 1.59 bits per heavy atom. The second-order valence-electron chi connectivity index (χ2n) is 3.43. The molecule has 0 amide bonds. The van der Waals surface area contributed by atoms with Crippen LogP contribution in [0.4, 0.5) is 5.69 Å². The minimum absolute atomic E-state index is 0.0888. The highest BCUT2D eigenvalue weighted by atomic mass is 79.9. The fourth-order valence-electron chi connectivity index (χ4n) is 1.05. The van der Waals surface area contributed by atoms with E-state index in [1.165, 1.54) is 6.07 Å². The Labute approximate surface area is 113 Å². The first-order valence-electron chi connectivity index (χ1n) is 4.97. The van der Waals surface area contributed by atoms with Gasteiger partial charge >= 0.3 is 5.97 Å². The zero-order valence-electron chi connectivity index (χ0n) is 9.42. The zero-order chi connectivity index (χ0) is 13.0. The Morgan fingerprint density at radius 3 is 2.76 bits per heavy atom. The minimum Gasteiger partial charge on any atom is -0.478 e. The molecule has 92 valence electrons. The maximum atomic E-state index is 11.0. The monoisotopic (exact) mass is 318 g/mol. The highest BCUT2D eigenvalue weighted by Gasteiger charge is 2.13. The molecule has 0 fully saturated rings. The van der Waals surface area contributed by atoms with Gasteiger partial charge in [-0.1, -0.05) is 18.5 Å². The van der Waals surface area contributed by atoms with Gasteiger partial charge in [-0.15, -0.1) is 0 Å². The number of hydrogen-bond donors (Lipinski definition) is 2. The van der Waals surface area contributed by atoms with Gasteiger partial charge in [-0.05, 0) is 41.4 Å². The lowest BCUT2D eigenvalue weighted by atomic mass is 10.2. The number of nitrogens with one attached hydrogen (secondary N) is 1. The number of rotatable bonds is 4. The average Bonchev–Trinajstić information content (AvgIpc) is 2.29. The van der Waals surface area contributed by atoms with Crippen LogP contribution in [0.5, 0.6) is 0 Å². The Balaban J connectivity index is 3.13. The number of carboxylic acid groups (broad SMARTS) is 1. The van der Waals surface area contributed by atoms with Crippen LogP contribution < -0.4 is 5.43 Å². The molecule has 0 saturated carbocycles. The Hall–Kier alpha value is -1.07. The maximum Gasteiger partial charge on any atom is 0.337 e. The van der Waals surface area contributed by atoms with Crippen LogP contribution in [0.2, 0.25) is 5.02 Å². The zero-order valence-corrected chi connectivity index (χ0v) is 11.8. The molecule has 0 unspecified atom stereocenters. The SMILES string of the molecule is CC/C(C)=N\Nc1cc(Br)c(Cl)cc1C(=O)O. The van der Waals surface area contributed by atoms with Crippen LogP contribution in [0, 0.1) is 0 Å². The summed E-state index contributed by atoms with van der Waals surface area (Å²) >= 11 is 9.09. The lowest BCUT2D eigenvalue weighted by Crippen LogP contribution is -2.04. The summed E-state index contributed by atoms with van der Waals surface area (Å²) < 4.78 is 0.621. The van der Waals surface area contributed by atoms with Gasteiger partial charge in [0.25, 0.3) is 0 Å². The van der Waals surface area contributed by atoms with Gasteiger partial charge in [-0.3, -0.25) is 5.43 Å². The van der Waals surface area contributed by atoms with Crippen molar-refractivity contribution in [1.29, 1.82) is 0 Å². The molecule has 0 spiro atoms. The highest BCUT2D eigenvalue weighted by Crippen LogP contribution is 2.29. The molecular weight excluding hydrogens is 307 g/mol. The van der Waals surface area contributed by atoms with E-state index in [2.05, 4.69) is 26.5 Å². The topological polar surface area (TPSA) is 61.7 Å². The van der Waals surface area contributed by atoms with E-state index in [-0.39, 0.29) is 5.56 Å². The van der Waals surface area contributed by atoms with E-state index < -0.39 is 5.97 Å². The summed E-state index contributed by atoms with van der Waals surface area (Å²) in [5.41, 5.74) is 4.11. The summed E-state index contributed by atoms with van der Waals surface area (Å²) in [6, 6.07) is 2.98. The number of nitrogens with zero attached hydrogens (tertiary/aromatic N) is 1. The van der Waals surface area contributed by atoms with Gasteiger partial charge in [0.15, 0.2) is 0 Å². The van der Waals surface area contributed by atoms with Crippen LogP contribution in [-0.4, -0.2) is 16.8 Å². The summed E-state index contributed by atoms with van der Waals surface area (Å²) in [5, 5.41) is 13.5. The van der Waals surface area contributed by atoms with Crippen molar-refractivity contribution in [2.24, 2.45) is 5.10 Å². The second kappa shape index (κ2) is 6.02. The third kappa shape index (κ3) is 3.71. The molecule has 0 heterocycles. The molecule has 4 nitrogen and oxygen atoms in total. The summed E-state index contributed by atoms with van der Waals surface area (Å²) in [7, 11) is 0. The molecule has 6 heteroatoms. The molecule has 0 aromatic heterocycles. The van der Waals surface area contributed by atoms with E-state index >= 15 is 0 Å². The number of halogens is 2. The smallest absolute Gasteiger partial charge is 0.337 e. The van der Waals surface area contributed by atoms with Crippen molar-refractivity contribution in [1.82, 2.24) is 0 Å². The van der Waals surface area contributed by atoms with Gasteiger partial charge in [0.05, 0.1) is 16.3 Å². The van der Waals surface area contributed by atoms with E-state index in [0.29, 0.717) is 15.2 Å². The quantitative estimate of drug-likeness (QED) is 0.651. The summed E-state index contributed by atoms with van der Waals surface area (Å²) in [6.45, 7) is 3.83. The van der Waals surface area contributed by atoms with Gasteiger partial charge in [-0.25, -0.2) is 4.79 Å². The third-order valence-corrected chi connectivity index (χ3v) is 3.37. The first-order chi connectivity index (χ1) is 7.95. The van der Waals surface area contributed by atoms with Crippen molar-refractivity contribution in [3.63, 3.8) is 0 Å². The third-order valence-electron chi connectivity index (χ3n) is 2.17. The predicted octanol–water partition coefficient (Wildman–Crippen LogP) is 4.00. The van der Waals surface area contributed by atoms with Gasteiger partial charge in [0.2, 0.25) is 0 Å². The normalized spacial score (nSPS) is 11.4. The van der Waals surface area contributed by atoms with Crippen LogP contribution in [0.3, 0.4) is 0 Å². The molecule has 17 heavy (non-hydrogen) atoms. The molecule has 1 aromatic carbocycles. The van der Waals surface area contributed by atoms with Crippen molar-refractivity contribution in [2.75, 3.05) is 5.43 Å². The first kappa shape index (κ1) is 14.0. The van der Waals surface area contributed by atoms with Crippen molar-refractivity contribution >= 4 is 44.9 Å². The van der Waals surface area contributed by atoms with Crippen LogP contribution in [0.15, 0.2) is 21.7 Å². The van der Waals surface area contributed by atoms with Gasteiger partial charge in [-0.2, -0.15) is 5.10 Å². The number of aromatic carboxylic acids is 1. The van der Waals surface area contributed by atoms with E-state index in [0.717, 1.165) is 12.1 Å². The predicted molar refractivity (Wildman–Crippen MR) is 73.1 cm³/mol. The van der Waals surface area contributed by atoms with Crippen LogP contribution in [-0.2, 0) is 0 Å². The van der Waals surface area contributed by atoms with Crippen molar-refractivity contribution in [3.05, 3.63) is 27.2 Å². The van der Waals surface area contributed by atoms with Crippen molar-refractivity contribution in [2.45, 2.75) is 20.3 Å². The van der Waals surface area contributed by atoms with Crippen molar-refractivity contribution in [3.8, 4) is 0 Å². The largest absolute Gasteiger partial charge is 0.478 e. The lowest BCUT2D eigenvalue weighted by Gasteiger charge is -2.08. The molecule has 0 bridgehead atoms. The Morgan fingerprint density at radius 2 is 2.24 bits per heavy atom. The van der Waals surface area contributed by atoms with E-state index in [4.69, 9.17) is 16.7 Å².